The molecular weight excluding hydrogens is 423 g/mol. The molecule has 8 heteroatoms. The Morgan fingerprint density at radius 3 is 2.63 bits per heavy atom. The zero-order valence-corrected chi connectivity index (χ0v) is 18.1. The molecule has 1 amide bonds. The molecule has 0 fully saturated rings. The second kappa shape index (κ2) is 8.50. The summed E-state index contributed by atoms with van der Waals surface area (Å²) in [6, 6.07) is 13.1. The van der Waals surface area contributed by atoms with Gasteiger partial charge in [0.15, 0.2) is 0 Å². The average molecular weight is 443 g/mol. The first-order valence-electron chi connectivity index (χ1n) is 9.56. The van der Waals surface area contributed by atoms with Crippen LogP contribution in [-0.2, 0) is 0 Å². The van der Waals surface area contributed by atoms with Crippen LogP contribution in [0.5, 0.6) is 11.6 Å². The van der Waals surface area contributed by atoms with Crippen LogP contribution in [0.15, 0.2) is 55.0 Å². The molecular formula is C22H20Cl2N4O2. The maximum atomic E-state index is 13.5. The summed E-state index contributed by atoms with van der Waals surface area (Å²) in [5.74, 6) is 0.212. The Balaban J connectivity index is 1.69. The van der Waals surface area contributed by atoms with Crippen molar-refractivity contribution in [2.24, 2.45) is 0 Å². The fourth-order valence-electron chi connectivity index (χ4n) is 3.48. The summed E-state index contributed by atoms with van der Waals surface area (Å²) in [7, 11) is 0. The maximum Gasteiger partial charge on any atom is 0.265 e. The number of aromatic nitrogens is 2. The number of hydrogen-bond donors (Lipinski definition) is 0. The quantitative estimate of drug-likeness (QED) is 0.537. The van der Waals surface area contributed by atoms with Crippen LogP contribution in [-0.4, -0.2) is 35.0 Å². The molecule has 0 bridgehead atoms. The lowest BCUT2D eigenvalue weighted by molar-refractivity contribution is 0.0983. The van der Waals surface area contributed by atoms with Gasteiger partial charge in [-0.05, 0) is 38.1 Å². The molecule has 1 aliphatic rings. The lowest BCUT2D eigenvalue weighted by Gasteiger charge is -2.40. The van der Waals surface area contributed by atoms with Crippen LogP contribution in [0.25, 0.3) is 0 Å². The van der Waals surface area contributed by atoms with Crippen LogP contribution < -0.4 is 14.5 Å². The third-order valence-electron chi connectivity index (χ3n) is 4.92. The Morgan fingerprint density at radius 1 is 1.10 bits per heavy atom. The molecule has 0 radical (unpaired) electrons. The third-order valence-corrected chi connectivity index (χ3v) is 5.47. The Morgan fingerprint density at radius 2 is 1.87 bits per heavy atom. The molecule has 3 aromatic rings. The van der Waals surface area contributed by atoms with E-state index in [2.05, 4.69) is 28.7 Å². The zero-order valence-electron chi connectivity index (χ0n) is 16.5. The van der Waals surface area contributed by atoms with Crippen LogP contribution in [0, 0.1) is 0 Å². The number of carbonyl (C=O) groups excluding carboxylic acids is 1. The topological polar surface area (TPSA) is 58.6 Å². The van der Waals surface area contributed by atoms with Gasteiger partial charge in [0, 0.05) is 36.4 Å². The molecule has 4 rings (SSSR count). The van der Waals surface area contributed by atoms with E-state index < -0.39 is 0 Å². The smallest absolute Gasteiger partial charge is 0.265 e. The second-order valence-electron chi connectivity index (χ2n) is 7.15. The summed E-state index contributed by atoms with van der Waals surface area (Å²) in [5.41, 5.74) is 2.11. The number of benzene rings is 2. The Kier molecular flexibility index (Phi) is 5.79. The van der Waals surface area contributed by atoms with Gasteiger partial charge in [0.2, 0.25) is 5.88 Å². The van der Waals surface area contributed by atoms with E-state index in [1.807, 2.05) is 24.3 Å². The van der Waals surface area contributed by atoms with Crippen molar-refractivity contribution in [2.75, 3.05) is 22.9 Å². The molecule has 0 saturated heterocycles. The van der Waals surface area contributed by atoms with E-state index in [-0.39, 0.29) is 17.4 Å². The summed E-state index contributed by atoms with van der Waals surface area (Å²) in [6.07, 6.45) is 2.79. The van der Waals surface area contributed by atoms with Gasteiger partial charge in [0.1, 0.15) is 17.6 Å². The Labute approximate surface area is 185 Å². The van der Waals surface area contributed by atoms with Gasteiger partial charge in [-0.1, -0.05) is 35.3 Å². The van der Waals surface area contributed by atoms with Crippen molar-refractivity contribution in [3.63, 3.8) is 0 Å². The minimum Gasteiger partial charge on any atom is -0.436 e. The highest BCUT2D eigenvalue weighted by Gasteiger charge is 2.30. The summed E-state index contributed by atoms with van der Waals surface area (Å²) < 4.78 is 5.85. The maximum absolute atomic E-state index is 13.5. The fraction of sp³-hybridized carbons (Fsp3) is 0.227. The van der Waals surface area contributed by atoms with Gasteiger partial charge in [0.25, 0.3) is 5.91 Å². The number of hydrogen-bond acceptors (Lipinski definition) is 5. The molecule has 0 unspecified atom stereocenters. The van der Waals surface area contributed by atoms with Crippen molar-refractivity contribution in [3.8, 4) is 11.6 Å². The first kappa shape index (κ1) is 20.4. The molecule has 0 saturated carbocycles. The molecule has 6 nitrogen and oxygen atoms in total. The molecule has 0 aliphatic carbocycles. The minimum absolute atomic E-state index is 0.128. The summed E-state index contributed by atoms with van der Waals surface area (Å²) in [6.45, 7) is 5.55. The number of para-hydroxylation sites is 2. The van der Waals surface area contributed by atoms with Crippen molar-refractivity contribution in [1.82, 2.24) is 9.97 Å². The van der Waals surface area contributed by atoms with Gasteiger partial charge in [-0.15, -0.1) is 0 Å². The molecule has 154 valence electrons. The van der Waals surface area contributed by atoms with Crippen molar-refractivity contribution in [3.05, 3.63) is 70.6 Å². The normalized spacial score (nSPS) is 13.4. The lowest BCUT2D eigenvalue weighted by atomic mass is 10.1. The Bertz CT molecular complexity index is 1090. The minimum atomic E-state index is -0.236. The summed E-state index contributed by atoms with van der Waals surface area (Å²) in [5, 5.41) is 0.836. The van der Waals surface area contributed by atoms with Crippen molar-refractivity contribution >= 4 is 40.5 Å². The predicted octanol–water partition coefficient (Wildman–Crippen LogP) is 5.45. The highest BCUT2D eigenvalue weighted by molar-refractivity contribution is 6.34. The average Bonchev–Trinajstić information content (AvgIpc) is 2.75. The number of rotatable bonds is 4. The van der Waals surface area contributed by atoms with Crippen LogP contribution in [0.4, 0.5) is 11.4 Å². The molecule has 1 aliphatic heterocycles. The molecule has 0 N–H and O–H groups in total. The predicted molar refractivity (Wildman–Crippen MR) is 119 cm³/mol. The number of amides is 1. The zero-order chi connectivity index (χ0) is 21.3. The number of halogens is 2. The van der Waals surface area contributed by atoms with Crippen molar-refractivity contribution < 1.29 is 9.53 Å². The fourth-order valence-corrected chi connectivity index (χ4v) is 3.80. The first-order chi connectivity index (χ1) is 14.5. The number of carbonyl (C=O) groups is 1. The summed E-state index contributed by atoms with van der Waals surface area (Å²) in [4.78, 5) is 25.7. The van der Waals surface area contributed by atoms with Crippen LogP contribution >= 0.6 is 23.2 Å². The van der Waals surface area contributed by atoms with Gasteiger partial charge >= 0.3 is 0 Å². The van der Waals surface area contributed by atoms with Crippen molar-refractivity contribution in [2.45, 2.75) is 19.9 Å². The van der Waals surface area contributed by atoms with E-state index in [0.29, 0.717) is 28.4 Å². The van der Waals surface area contributed by atoms with E-state index in [1.54, 1.807) is 23.1 Å². The SMILES string of the molecule is CC(C)N1CCN(C(=O)c2cncnc2Oc2cc(Cl)ccc2Cl)c2ccccc21. The highest BCUT2D eigenvalue weighted by atomic mass is 35.5. The lowest BCUT2D eigenvalue weighted by Crippen LogP contribution is -2.46. The van der Waals surface area contributed by atoms with Gasteiger partial charge < -0.3 is 14.5 Å². The van der Waals surface area contributed by atoms with Gasteiger partial charge in [-0.3, -0.25) is 4.79 Å². The monoisotopic (exact) mass is 442 g/mol. The number of fused-ring (bicyclic) bond motifs is 1. The van der Waals surface area contributed by atoms with Gasteiger partial charge in [-0.2, -0.15) is 0 Å². The molecule has 30 heavy (non-hydrogen) atoms. The standard InChI is InChI=1S/C22H20Cl2N4O2/c1-14(2)27-9-10-28(19-6-4-3-5-18(19)27)22(29)16-12-25-13-26-21(16)30-20-11-15(23)7-8-17(20)24/h3-8,11-14H,9-10H2,1-2H3. The largest absolute Gasteiger partial charge is 0.436 e. The van der Waals surface area contributed by atoms with E-state index >= 15 is 0 Å². The number of ether oxygens (including phenoxy) is 1. The van der Waals surface area contributed by atoms with Crippen LogP contribution in [0.3, 0.4) is 0 Å². The van der Waals surface area contributed by atoms with E-state index in [9.17, 15) is 4.79 Å². The molecule has 2 aromatic carbocycles. The molecule has 2 heterocycles. The third kappa shape index (κ3) is 3.93. The van der Waals surface area contributed by atoms with Gasteiger partial charge in [0.05, 0.1) is 16.4 Å². The molecule has 0 atom stereocenters. The first-order valence-corrected chi connectivity index (χ1v) is 10.3. The molecule has 1 aromatic heterocycles. The second-order valence-corrected chi connectivity index (χ2v) is 7.99. The Hall–Kier alpha value is -2.83. The van der Waals surface area contributed by atoms with Crippen LogP contribution in [0.1, 0.15) is 24.2 Å². The van der Waals surface area contributed by atoms with E-state index in [1.165, 1.54) is 12.5 Å². The van der Waals surface area contributed by atoms with Crippen LogP contribution in [0.2, 0.25) is 10.0 Å². The van der Waals surface area contributed by atoms with Crippen molar-refractivity contribution in [1.29, 1.82) is 0 Å². The highest BCUT2D eigenvalue weighted by Crippen LogP contribution is 2.37. The number of anilines is 2. The van der Waals surface area contributed by atoms with Gasteiger partial charge in [-0.25, -0.2) is 9.97 Å². The number of nitrogens with zero attached hydrogens (tertiary/aromatic N) is 4. The molecule has 0 spiro atoms. The summed E-state index contributed by atoms with van der Waals surface area (Å²) >= 11 is 12.3. The van der Waals surface area contributed by atoms with E-state index in [0.717, 1.165) is 17.9 Å². The van der Waals surface area contributed by atoms with E-state index in [4.69, 9.17) is 27.9 Å².